The Labute approximate surface area is 169 Å². The minimum atomic E-state index is -4.65. The molecule has 7 heteroatoms. The molecule has 0 fully saturated rings. The Balaban J connectivity index is 1.87. The van der Waals surface area contributed by atoms with E-state index in [-0.39, 0.29) is 17.7 Å². The molecule has 0 bridgehead atoms. The van der Waals surface area contributed by atoms with Gasteiger partial charge >= 0.3 is 6.18 Å². The molecule has 0 saturated carbocycles. The molecular weight excluding hydrogens is 396 g/mol. The van der Waals surface area contributed by atoms with Crippen LogP contribution in [0, 0.1) is 5.82 Å². The lowest BCUT2D eigenvalue weighted by Gasteiger charge is -2.21. The van der Waals surface area contributed by atoms with Crippen molar-refractivity contribution in [2.75, 3.05) is 0 Å². The molecule has 3 nitrogen and oxygen atoms in total. The zero-order chi connectivity index (χ0) is 21.3. The predicted octanol–water partition coefficient (Wildman–Crippen LogP) is 5.87. The highest BCUT2D eigenvalue weighted by atomic mass is 19.4. The summed E-state index contributed by atoms with van der Waals surface area (Å²) in [6.07, 6.45) is -1.35. The summed E-state index contributed by atoms with van der Waals surface area (Å²) in [5.41, 5.74) is 0.296. The van der Waals surface area contributed by atoms with Gasteiger partial charge in [-0.3, -0.25) is 9.97 Å². The summed E-state index contributed by atoms with van der Waals surface area (Å²) in [5.74, 6) is -1.88. The number of nitrogens with zero attached hydrogens (tertiary/aromatic N) is 2. The molecule has 0 aliphatic rings. The first-order valence-corrected chi connectivity index (χ1v) is 9.18. The number of alkyl halides is 3. The Bertz CT molecular complexity index is 1190. The molecule has 4 aromatic rings. The number of benzene rings is 2. The van der Waals surface area contributed by atoms with E-state index in [0.717, 1.165) is 12.1 Å². The molecule has 2 aromatic carbocycles. The third kappa shape index (κ3) is 3.83. The number of fused-ring (bicyclic) bond motifs is 1. The molecule has 1 atom stereocenters. The molecule has 152 valence electrons. The van der Waals surface area contributed by atoms with Crippen LogP contribution in [-0.4, -0.2) is 15.1 Å². The number of phenolic OH excluding ortho intramolecular Hbond substituents is 1. The van der Waals surface area contributed by atoms with Crippen molar-refractivity contribution in [1.82, 2.24) is 9.97 Å². The van der Waals surface area contributed by atoms with Crippen molar-refractivity contribution in [1.29, 1.82) is 0 Å². The quantitative estimate of drug-likeness (QED) is 0.427. The maximum absolute atomic E-state index is 14.8. The second kappa shape index (κ2) is 7.74. The third-order valence-corrected chi connectivity index (χ3v) is 5.00. The van der Waals surface area contributed by atoms with Crippen molar-refractivity contribution < 1.29 is 22.7 Å². The van der Waals surface area contributed by atoms with Crippen molar-refractivity contribution >= 4 is 10.9 Å². The summed E-state index contributed by atoms with van der Waals surface area (Å²) in [5, 5.41) is 11.5. The zero-order valence-corrected chi connectivity index (χ0v) is 15.6. The molecule has 0 radical (unpaired) electrons. The van der Waals surface area contributed by atoms with Gasteiger partial charge in [0, 0.05) is 41.4 Å². The molecule has 2 aromatic heterocycles. The molecule has 0 aliphatic heterocycles. The Morgan fingerprint density at radius 1 is 0.867 bits per heavy atom. The molecule has 0 saturated heterocycles. The van der Waals surface area contributed by atoms with E-state index in [1.165, 1.54) is 6.20 Å². The van der Waals surface area contributed by atoms with Crippen LogP contribution in [0.3, 0.4) is 0 Å². The van der Waals surface area contributed by atoms with Gasteiger partial charge in [-0.25, -0.2) is 4.39 Å². The van der Waals surface area contributed by atoms with Gasteiger partial charge in [-0.2, -0.15) is 13.2 Å². The average Bonchev–Trinajstić information content (AvgIpc) is 2.73. The molecule has 4 rings (SSSR count). The number of phenols is 1. The summed E-state index contributed by atoms with van der Waals surface area (Å²) in [6, 6.07) is 14.6. The fourth-order valence-corrected chi connectivity index (χ4v) is 3.53. The number of hydrogen-bond acceptors (Lipinski definition) is 3. The lowest BCUT2D eigenvalue weighted by atomic mass is 9.85. The highest BCUT2D eigenvalue weighted by molar-refractivity contribution is 5.85. The van der Waals surface area contributed by atoms with E-state index >= 15 is 0 Å². The van der Waals surface area contributed by atoms with Gasteiger partial charge in [-0.05, 0) is 35.9 Å². The average molecular weight is 412 g/mol. The zero-order valence-electron chi connectivity index (χ0n) is 15.6. The minimum absolute atomic E-state index is 0.0410. The Kier molecular flexibility index (Phi) is 5.11. The van der Waals surface area contributed by atoms with Crippen LogP contribution in [0.2, 0.25) is 0 Å². The van der Waals surface area contributed by atoms with Crippen LogP contribution < -0.4 is 0 Å². The van der Waals surface area contributed by atoms with E-state index in [1.807, 2.05) is 0 Å². The third-order valence-electron chi connectivity index (χ3n) is 5.00. The fraction of sp³-hybridized carbons (Fsp3) is 0.130. The first-order valence-electron chi connectivity index (χ1n) is 9.18. The SMILES string of the molecule is Oc1c(C(Cc2ccccn2)c2ccc(C(F)(F)F)cc2F)ccc2cccnc12. The molecule has 1 N–H and O–H groups in total. The Hall–Kier alpha value is -3.48. The smallest absolute Gasteiger partial charge is 0.416 e. The summed E-state index contributed by atoms with van der Waals surface area (Å²) in [6.45, 7) is 0. The van der Waals surface area contributed by atoms with Gasteiger partial charge in [0.25, 0.3) is 0 Å². The minimum Gasteiger partial charge on any atom is -0.505 e. The van der Waals surface area contributed by atoms with Gasteiger partial charge in [-0.15, -0.1) is 0 Å². The summed E-state index contributed by atoms with van der Waals surface area (Å²) < 4.78 is 53.8. The molecular formula is C23H16F4N2O. The van der Waals surface area contributed by atoms with E-state index in [9.17, 15) is 22.7 Å². The number of aromatic hydroxyl groups is 1. The van der Waals surface area contributed by atoms with Crippen LogP contribution in [-0.2, 0) is 12.6 Å². The molecule has 0 amide bonds. The van der Waals surface area contributed by atoms with Crippen molar-refractivity contribution in [3.05, 3.63) is 101 Å². The highest BCUT2D eigenvalue weighted by Crippen LogP contribution is 2.39. The molecule has 0 aliphatic carbocycles. The maximum atomic E-state index is 14.8. The number of hydrogen-bond donors (Lipinski definition) is 1. The van der Waals surface area contributed by atoms with Crippen LogP contribution in [0.4, 0.5) is 17.6 Å². The van der Waals surface area contributed by atoms with Gasteiger partial charge in [0.1, 0.15) is 17.1 Å². The van der Waals surface area contributed by atoms with Gasteiger partial charge in [-0.1, -0.05) is 30.3 Å². The topological polar surface area (TPSA) is 46.0 Å². The van der Waals surface area contributed by atoms with E-state index in [2.05, 4.69) is 9.97 Å². The first-order chi connectivity index (χ1) is 14.3. The largest absolute Gasteiger partial charge is 0.505 e. The lowest BCUT2D eigenvalue weighted by Crippen LogP contribution is -2.11. The van der Waals surface area contributed by atoms with E-state index in [1.54, 1.807) is 48.7 Å². The number of rotatable bonds is 4. The van der Waals surface area contributed by atoms with Crippen molar-refractivity contribution in [2.45, 2.75) is 18.5 Å². The normalized spacial score (nSPS) is 12.8. The molecule has 0 spiro atoms. The molecule has 30 heavy (non-hydrogen) atoms. The van der Waals surface area contributed by atoms with Crippen LogP contribution in [0.5, 0.6) is 5.75 Å². The second-order valence-corrected chi connectivity index (χ2v) is 6.89. The van der Waals surface area contributed by atoms with Gasteiger partial charge in [0.15, 0.2) is 0 Å². The standard InChI is InChI=1S/C23H16F4N2O/c24-20-12-15(23(25,26)27)7-9-17(20)19(13-16-5-1-2-10-28-16)18-8-6-14-4-3-11-29-21(14)22(18)30/h1-12,19,30H,13H2. The lowest BCUT2D eigenvalue weighted by molar-refractivity contribution is -0.137. The number of halogens is 4. The Morgan fingerprint density at radius 3 is 2.33 bits per heavy atom. The van der Waals surface area contributed by atoms with Crippen LogP contribution in [0.15, 0.2) is 73.1 Å². The van der Waals surface area contributed by atoms with Crippen LogP contribution in [0.25, 0.3) is 10.9 Å². The first kappa shape index (κ1) is 19.8. The summed E-state index contributed by atoms with van der Waals surface area (Å²) in [7, 11) is 0. The van der Waals surface area contributed by atoms with Crippen molar-refractivity contribution in [2.24, 2.45) is 0 Å². The summed E-state index contributed by atoms with van der Waals surface area (Å²) in [4.78, 5) is 8.43. The summed E-state index contributed by atoms with van der Waals surface area (Å²) >= 11 is 0. The molecule has 2 heterocycles. The van der Waals surface area contributed by atoms with E-state index in [4.69, 9.17) is 0 Å². The van der Waals surface area contributed by atoms with Crippen molar-refractivity contribution in [3.8, 4) is 5.75 Å². The van der Waals surface area contributed by atoms with E-state index < -0.39 is 23.5 Å². The van der Waals surface area contributed by atoms with Gasteiger partial charge < -0.3 is 5.11 Å². The van der Waals surface area contributed by atoms with Gasteiger partial charge in [0.2, 0.25) is 0 Å². The van der Waals surface area contributed by atoms with Crippen LogP contribution in [0.1, 0.15) is 28.3 Å². The highest BCUT2D eigenvalue weighted by Gasteiger charge is 2.32. The van der Waals surface area contributed by atoms with Crippen molar-refractivity contribution in [3.63, 3.8) is 0 Å². The Morgan fingerprint density at radius 2 is 1.63 bits per heavy atom. The maximum Gasteiger partial charge on any atom is 0.416 e. The van der Waals surface area contributed by atoms with Gasteiger partial charge in [0.05, 0.1) is 5.56 Å². The predicted molar refractivity (Wildman–Crippen MR) is 105 cm³/mol. The van der Waals surface area contributed by atoms with Crippen LogP contribution >= 0.6 is 0 Å². The monoisotopic (exact) mass is 412 g/mol. The van der Waals surface area contributed by atoms with E-state index in [0.29, 0.717) is 28.2 Å². The second-order valence-electron chi connectivity index (χ2n) is 6.89. The number of pyridine rings is 2. The fourth-order valence-electron chi connectivity index (χ4n) is 3.53. The number of aromatic nitrogens is 2. The molecule has 1 unspecified atom stereocenters.